The van der Waals surface area contributed by atoms with Gasteiger partial charge in [-0.15, -0.1) is 0 Å². The van der Waals surface area contributed by atoms with Crippen molar-refractivity contribution in [2.75, 3.05) is 31.9 Å². The zero-order valence-corrected chi connectivity index (χ0v) is 13.2. The van der Waals surface area contributed by atoms with Crippen LogP contribution in [-0.4, -0.2) is 49.8 Å². The van der Waals surface area contributed by atoms with E-state index in [0.29, 0.717) is 13.1 Å². The molecule has 0 aromatic heterocycles. The van der Waals surface area contributed by atoms with Gasteiger partial charge in [-0.05, 0) is 37.7 Å². The highest BCUT2D eigenvalue weighted by Crippen LogP contribution is 2.25. The van der Waals surface area contributed by atoms with Crippen LogP contribution in [0.3, 0.4) is 0 Å². The molecule has 1 aliphatic rings. The lowest BCUT2D eigenvalue weighted by atomic mass is 10.2. The Balaban J connectivity index is 2.19. The van der Waals surface area contributed by atoms with Crippen LogP contribution in [0.5, 0.6) is 0 Å². The fraction of sp³-hybridized carbons (Fsp3) is 0.571. The molecule has 1 saturated heterocycles. The van der Waals surface area contributed by atoms with Crippen molar-refractivity contribution in [2.45, 2.75) is 31.2 Å². The Morgan fingerprint density at radius 3 is 2.62 bits per heavy atom. The molecule has 21 heavy (non-hydrogen) atoms. The Morgan fingerprint density at radius 2 is 2.05 bits per heavy atom. The first-order valence-corrected chi connectivity index (χ1v) is 8.63. The second-order valence-electron chi connectivity index (χ2n) is 5.21. The molecule has 2 N–H and O–H groups in total. The monoisotopic (exact) mass is 315 g/mol. The quantitative estimate of drug-likeness (QED) is 0.837. The molecule has 2 rings (SSSR count). The first kappa shape index (κ1) is 16.2. The largest absolute Gasteiger partial charge is 0.396 e. The van der Waals surface area contributed by atoms with Crippen LogP contribution in [0.15, 0.2) is 23.1 Å². The third kappa shape index (κ3) is 3.20. The lowest BCUT2D eigenvalue weighted by Crippen LogP contribution is -2.38. The van der Waals surface area contributed by atoms with E-state index in [4.69, 9.17) is 5.73 Å². The molecular formula is C14H22FN3O2S. The van der Waals surface area contributed by atoms with E-state index in [2.05, 4.69) is 18.7 Å². The molecule has 1 heterocycles. The standard InChI is InChI=1S/C14H22FN3O2S/c1-3-17(4-2)11-7-8-18(10-11)21(19,20)12-5-6-13(15)14(16)9-12/h5-6,9,11H,3-4,7-8,10,16H2,1-2H3. The second-order valence-corrected chi connectivity index (χ2v) is 7.15. The first-order chi connectivity index (χ1) is 9.90. The van der Waals surface area contributed by atoms with E-state index in [1.54, 1.807) is 0 Å². The van der Waals surface area contributed by atoms with Gasteiger partial charge in [0.05, 0.1) is 10.6 Å². The van der Waals surface area contributed by atoms with Crippen LogP contribution in [0.1, 0.15) is 20.3 Å². The van der Waals surface area contributed by atoms with Gasteiger partial charge in [-0.3, -0.25) is 4.90 Å². The van der Waals surface area contributed by atoms with Crippen molar-refractivity contribution in [2.24, 2.45) is 0 Å². The number of hydrogen-bond donors (Lipinski definition) is 1. The summed E-state index contributed by atoms with van der Waals surface area (Å²) in [5.74, 6) is -0.601. The van der Waals surface area contributed by atoms with Gasteiger partial charge in [-0.2, -0.15) is 4.31 Å². The van der Waals surface area contributed by atoms with Crippen molar-refractivity contribution < 1.29 is 12.8 Å². The van der Waals surface area contributed by atoms with Crippen LogP contribution in [0.4, 0.5) is 10.1 Å². The van der Waals surface area contributed by atoms with Gasteiger partial charge in [0, 0.05) is 19.1 Å². The summed E-state index contributed by atoms with van der Waals surface area (Å²) in [6, 6.07) is 3.80. The molecular weight excluding hydrogens is 293 g/mol. The number of nitrogens with zero attached hydrogens (tertiary/aromatic N) is 2. The van der Waals surface area contributed by atoms with Gasteiger partial charge in [0.1, 0.15) is 5.82 Å². The van der Waals surface area contributed by atoms with Crippen LogP contribution in [-0.2, 0) is 10.0 Å². The average Bonchev–Trinajstić information content (AvgIpc) is 2.93. The van der Waals surface area contributed by atoms with Crippen molar-refractivity contribution >= 4 is 15.7 Å². The molecule has 0 aliphatic carbocycles. The van der Waals surface area contributed by atoms with Gasteiger partial charge < -0.3 is 5.73 Å². The molecule has 118 valence electrons. The van der Waals surface area contributed by atoms with Crippen LogP contribution >= 0.6 is 0 Å². The van der Waals surface area contributed by atoms with Gasteiger partial charge in [-0.25, -0.2) is 12.8 Å². The third-order valence-electron chi connectivity index (χ3n) is 4.06. The van der Waals surface area contributed by atoms with Gasteiger partial charge in [0.15, 0.2) is 0 Å². The van der Waals surface area contributed by atoms with Gasteiger partial charge in [0.2, 0.25) is 10.0 Å². The van der Waals surface area contributed by atoms with Gasteiger partial charge in [0.25, 0.3) is 0 Å². The Bertz CT molecular complexity index is 602. The van der Waals surface area contributed by atoms with Crippen molar-refractivity contribution in [3.05, 3.63) is 24.0 Å². The predicted molar refractivity (Wildman–Crippen MR) is 80.9 cm³/mol. The topological polar surface area (TPSA) is 66.6 Å². The minimum Gasteiger partial charge on any atom is -0.396 e. The highest BCUT2D eigenvalue weighted by molar-refractivity contribution is 7.89. The molecule has 0 bridgehead atoms. The zero-order valence-electron chi connectivity index (χ0n) is 12.4. The van der Waals surface area contributed by atoms with E-state index < -0.39 is 15.8 Å². The summed E-state index contributed by atoms with van der Waals surface area (Å²) < 4.78 is 39.8. The van der Waals surface area contributed by atoms with Crippen LogP contribution in [0, 0.1) is 5.82 Å². The van der Waals surface area contributed by atoms with Gasteiger partial charge >= 0.3 is 0 Å². The zero-order chi connectivity index (χ0) is 15.6. The molecule has 0 amide bonds. The predicted octanol–water partition coefficient (Wildman–Crippen LogP) is 1.51. The molecule has 1 aromatic carbocycles. The smallest absolute Gasteiger partial charge is 0.243 e. The van der Waals surface area contributed by atoms with Crippen molar-refractivity contribution in [1.29, 1.82) is 0 Å². The van der Waals surface area contributed by atoms with E-state index in [1.807, 2.05) is 0 Å². The number of nitrogen functional groups attached to an aromatic ring is 1. The summed E-state index contributed by atoms with van der Waals surface area (Å²) in [4.78, 5) is 2.32. The van der Waals surface area contributed by atoms with Crippen molar-refractivity contribution in [3.8, 4) is 0 Å². The molecule has 1 unspecified atom stereocenters. The highest BCUT2D eigenvalue weighted by atomic mass is 32.2. The lowest BCUT2D eigenvalue weighted by Gasteiger charge is -2.26. The molecule has 0 saturated carbocycles. The minimum atomic E-state index is -3.60. The van der Waals surface area contributed by atoms with E-state index in [0.717, 1.165) is 25.6 Å². The summed E-state index contributed by atoms with van der Waals surface area (Å²) in [7, 11) is -3.60. The number of benzene rings is 1. The molecule has 1 atom stereocenters. The van der Waals surface area contributed by atoms with E-state index >= 15 is 0 Å². The Morgan fingerprint density at radius 1 is 1.38 bits per heavy atom. The maximum Gasteiger partial charge on any atom is 0.243 e. The number of sulfonamides is 1. The number of anilines is 1. The van der Waals surface area contributed by atoms with E-state index in [1.165, 1.54) is 16.4 Å². The van der Waals surface area contributed by atoms with Crippen LogP contribution in [0.25, 0.3) is 0 Å². The second kappa shape index (κ2) is 6.29. The minimum absolute atomic E-state index is 0.0570. The van der Waals surface area contributed by atoms with Crippen LogP contribution < -0.4 is 5.73 Å². The number of rotatable bonds is 5. The molecule has 5 nitrogen and oxygen atoms in total. The number of halogens is 1. The summed E-state index contributed by atoms with van der Waals surface area (Å²) in [5, 5.41) is 0. The maximum atomic E-state index is 13.2. The van der Waals surface area contributed by atoms with Crippen LogP contribution in [0.2, 0.25) is 0 Å². The van der Waals surface area contributed by atoms with E-state index in [-0.39, 0.29) is 16.6 Å². The molecule has 1 aliphatic heterocycles. The van der Waals surface area contributed by atoms with Crippen molar-refractivity contribution in [3.63, 3.8) is 0 Å². The maximum absolute atomic E-state index is 13.2. The molecule has 0 spiro atoms. The molecule has 0 radical (unpaired) electrons. The van der Waals surface area contributed by atoms with Crippen molar-refractivity contribution in [1.82, 2.24) is 9.21 Å². The fourth-order valence-electron chi connectivity index (χ4n) is 2.80. The summed E-state index contributed by atoms with van der Waals surface area (Å²) in [6.07, 6.45) is 0.817. The average molecular weight is 315 g/mol. The summed E-state index contributed by atoms with van der Waals surface area (Å²) in [6.45, 7) is 6.90. The summed E-state index contributed by atoms with van der Waals surface area (Å²) >= 11 is 0. The molecule has 1 fully saturated rings. The summed E-state index contributed by atoms with van der Waals surface area (Å²) in [5.41, 5.74) is 5.33. The first-order valence-electron chi connectivity index (χ1n) is 7.19. The normalized spacial score (nSPS) is 20.3. The van der Waals surface area contributed by atoms with E-state index in [9.17, 15) is 12.8 Å². The number of likely N-dealkylation sites (N-methyl/N-ethyl adjacent to an activating group) is 1. The lowest BCUT2D eigenvalue weighted by molar-refractivity contribution is 0.224. The number of nitrogens with two attached hydrogens (primary N) is 1. The Kier molecular flexibility index (Phi) is 4.85. The SMILES string of the molecule is CCN(CC)C1CCN(S(=O)(=O)c2ccc(F)c(N)c2)C1. The Hall–Kier alpha value is -1.18. The third-order valence-corrected chi connectivity index (χ3v) is 5.92. The fourth-order valence-corrected chi connectivity index (χ4v) is 4.33. The highest BCUT2D eigenvalue weighted by Gasteiger charge is 2.34. The molecule has 7 heteroatoms. The van der Waals surface area contributed by atoms with Gasteiger partial charge in [-0.1, -0.05) is 13.8 Å². The number of hydrogen-bond acceptors (Lipinski definition) is 4. The molecule has 1 aromatic rings. The Labute approximate surface area is 125 Å².